The number of nitrogens with two attached hydrogens (primary N) is 1. The van der Waals surface area contributed by atoms with Crippen LogP contribution in [0.3, 0.4) is 0 Å². The molecule has 0 fully saturated rings. The van der Waals surface area contributed by atoms with Crippen LogP contribution in [-0.4, -0.2) is 17.0 Å². The lowest BCUT2D eigenvalue weighted by Crippen LogP contribution is -2.43. The van der Waals surface area contributed by atoms with E-state index in [0.29, 0.717) is 5.02 Å². The molecule has 0 radical (unpaired) electrons. The number of aromatic amines is 1. The van der Waals surface area contributed by atoms with Crippen LogP contribution in [-0.2, 0) is 11.2 Å². The van der Waals surface area contributed by atoms with E-state index in [1.54, 1.807) is 18.3 Å². The van der Waals surface area contributed by atoms with E-state index in [0.717, 1.165) is 16.5 Å². The molecule has 0 bridgehead atoms. The van der Waals surface area contributed by atoms with Gasteiger partial charge in [-0.15, -0.1) is 0 Å². The largest absolute Gasteiger partial charge is 0.548 e. The second-order valence-corrected chi connectivity index (χ2v) is 4.07. The molecule has 4 nitrogen and oxygen atoms in total. The van der Waals surface area contributed by atoms with E-state index in [1.807, 2.05) is 6.07 Å². The minimum Gasteiger partial charge on any atom is -0.548 e. The number of rotatable bonds is 3. The zero-order valence-corrected chi connectivity index (χ0v) is 9.12. The van der Waals surface area contributed by atoms with Crippen LogP contribution in [0.1, 0.15) is 5.56 Å². The topological polar surface area (TPSA) is 81.9 Å². The van der Waals surface area contributed by atoms with Crippen LogP contribution in [0.15, 0.2) is 24.4 Å². The third-order valence-corrected chi connectivity index (χ3v) is 2.71. The first-order chi connectivity index (χ1) is 7.58. The Labute approximate surface area is 97.0 Å². The number of carbonyl (C=O) groups is 1. The molecular weight excluding hydrogens is 228 g/mol. The fraction of sp³-hybridized carbons (Fsp3) is 0.182. The number of aromatic nitrogens is 1. The number of H-pyrrole nitrogens is 1. The zero-order chi connectivity index (χ0) is 11.7. The normalized spacial score (nSPS) is 12.9. The molecule has 3 N–H and O–H groups in total. The Kier molecular flexibility index (Phi) is 2.85. The molecule has 2 aromatic rings. The number of benzene rings is 1. The maximum absolute atomic E-state index is 10.6. The minimum atomic E-state index is -1.25. The molecule has 2 rings (SSSR count). The fourth-order valence-electron chi connectivity index (χ4n) is 1.64. The van der Waals surface area contributed by atoms with Crippen molar-refractivity contribution in [1.82, 2.24) is 4.98 Å². The third-order valence-electron chi connectivity index (χ3n) is 2.47. The highest BCUT2D eigenvalue weighted by Gasteiger charge is 2.09. The monoisotopic (exact) mass is 237 g/mol. The van der Waals surface area contributed by atoms with Crippen LogP contribution < -0.4 is 10.8 Å². The first kappa shape index (κ1) is 11.0. The molecule has 0 aliphatic heterocycles. The Hall–Kier alpha value is -1.52. The Bertz CT molecular complexity index is 536. The first-order valence-corrected chi connectivity index (χ1v) is 5.17. The SMILES string of the molecule is N[C@@H](Cc1c[nH]c2ccc(Cl)cc12)C(=O)[O-]. The minimum absolute atomic E-state index is 0.225. The van der Waals surface area contributed by atoms with Crippen molar-refractivity contribution in [3.63, 3.8) is 0 Å². The van der Waals surface area contributed by atoms with Crippen LogP contribution in [0.4, 0.5) is 0 Å². The summed E-state index contributed by atoms with van der Waals surface area (Å²) in [5.74, 6) is -1.25. The molecule has 5 heteroatoms. The van der Waals surface area contributed by atoms with Crippen molar-refractivity contribution in [3.05, 3.63) is 35.0 Å². The fourth-order valence-corrected chi connectivity index (χ4v) is 1.81. The van der Waals surface area contributed by atoms with Crippen molar-refractivity contribution in [2.24, 2.45) is 5.73 Å². The Morgan fingerprint density at radius 1 is 1.56 bits per heavy atom. The second-order valence-electron chi connectivity index (χ2n) is 3.63. The number of carboxylic acids is 1. The van der Waals surface area contributed by atoms with E-state index in [2.05, 4.69) is 4.98 Å². The number of carboxylic acid groups (broad SMARTS) is 1. The van der Waals surface area contributed by atoms with E-state index in [1.165, 1.54) is 0 Å². The van der Waals surface area contributed by atoms with E-state index in [-0.39, 0.29) is 6.42 Å². The van der Waals surface area contributed by atoms with Crippen molar-refractivity contribution in [1.29, 1.82) is 0 Å². The summed E-state index contributed by atoms with van der Waals surface area (Å²) in [6, 6.07) is 4.39. The third kappa shape index (κ3) is 2.03. The zero-order valence-electron chi connectivity index (χ0n) is 8.37. The highest BCUT2D eigenvalue weighted by Crippen LogP contribution is 2.23. The highest BCUT2D eigenvalue weighted by molar-refractivity contribution is 6.31. The van der Waals surface area contributed by atoms with Gasteiger partial charge in [0.1, 0.15) is 0 Å². The molecule has 0 saturated heterocycles. The molecule has 0 saturated carbocycles. The number of nitrogens with one attached hydrogen (secondary N) is 1. The van der Waals surface area contributed by atoms with Crippen LogP contribution >= 0.6 is 11.6 Å². The molecule has 1 heterocycles. The van der Waals surface area contributed by atoms with Crippen LogP contribution in [0, 0.1) is 0 Å². The van der Waals surface area contributed by atoms with Gasteiger partial charge in [0.15, 0.2) is 0 Å². The number of halogens is 1. The van der Waals surface area contributed by atoms with Crippen molar-refractivity contribution in [2.45, 2.75) is 12.5 Å². The van der Waals surface area contributed by atoms with Gasteiger partial charge in [-0.3, -0.25) is 0 Å². The molecule has 1 aromatic heterocycles. The molecule has 0 spiro atoms. The van der Waals surface area contributed by atoms with Crippen molar-refractivity contribution < 1.29 is 9.90 Å². The van der Waals surface area contributed by atoms with Gasteiger partial charge in [-0.2, -0.15) is 0 Å². The second kappa shape index (κ2) is 4.15. The summed E-state index contributed by atoms with van der Waals surface area (Å²) in [6.07, 6.45) is 1.96. The molecule has 84 valence electrons. The van der Waals surface area contributed by atoms with E-state index in [4.69, 9.17) is 17.3 Å². The number of carbonyl (C=O) groups excluding carboxylic acids is 1. The van der Waals surface area contributed by atoms with Gasteiger partial charge in [0, 0.05) is 28.2 Å². The number of aliphatic carboxylic acids is 1. The Morgan fingerprint density at radius 3 is 3.00 bits per heavy atom. The van der Waals surface area contributed by atoms with Gasteiger partial charge in [-0.25, -0.2) is 0 Å². The van der Waals surface area contributed by atoms with Gasteiger partial charge in [-0.05, 0) is 30.2 Å². The highest BCUT2D eigenvalue weighted by atomic mass is 35.5. The molecule has 0 unspecified atom stereocenters. The lowest BCUT2D eigenvalue weighted by Gasteiger charge is -2.11. The number of hydrogen-bond donors (Lipinski definition) is 2. The van der Waals surface area contributed by atoms with Crippen molar-refractivity contribution in [3.8, 4) is 0 Å². The van der Waals surface area contributed by atoms with E-state index >= 15 is 0 Å². The average Bonchev–Trinajstić information content (AvgIpc) is 2.61. The molecule has 1 aromatic carbocycles. The molecular formula is C11H10ClN2O2-. The van der Waals surface area contributed by atoms with Crippen LogP contribution in [0.2, 0.25) is 5.02 Å². The molecule has 0 amide bonds. The standard InChI is InChI=1S/C11H11ClN2O2/c12-7-1-2-10-8(4-7)6(5-14-10)3-9(13)11(15)16/h1-2,4-5,9,14H,3,13H2,(H,15,16)/p-1/t9-/m0/s1. The lowest BCUT2D eigenvalue weighted by atomic mass is 10.1. The van der Waals surface area contributed by atoms with Crippen molar-refractivity contribution in [2.75, 3.05) is 0 Å². The van der Waals surface area contributed by atoms with Crippen LogP contribution in [0.5, 0.6) is 0 Å². The van der Waals surface area contributed by atoms with Gasteiger partial charge < -0.3 is 20.6 Å². The summed E-state index contributed by atoms with van der Waals surface area (Å²) >= 11 is 5.87. The first-order valence-electron chi connectivity index (χ1n) is 4.80. The lowest BCUT2D eigenvalue weighted by molar-refractivity contribution is -0.307. The molecule has 16 heavy (non-hydrogen) atoms. The summed E-state index contributed by atoms with van der Waals surface area (Å²) in [5, 5.41) is 12.1. The maximum atomic E-state index is 10.6. The summed E-state index contributed by atoms with van der Waals surface area (Å²) in [7, 11) is 0. The summed E-state index contributed by atoms with van der Waals surface area (Å²) in [5.41, 5.74) is 7.16. The molecule has 0 aliphatic carbocycles. The smallest absolute Gasteiger partial charge is 0.0585 e. The molecule has 1 atom stereocenters. The predicted octanol–water partition coefficient (Wildman–Crippen LogP) is 0.441. The summed E-state index contributed by atoms with van der Waals surface area (Å²) in [4.78, 5) is 13.6. The predicted molar refractivity (Wildman–Crippen MR) is 60.0 cm³/mol. The van der Waals surface area contributed by atoms with Gasteiger partial charge >= 0.3 is 0 Å². The molecule has 0 aliphatic rings. The van der Waals surface area contributed by atoms with E-state index in [9.17, 15) is 9.90 Å². The van der Waals surface area contributed by atoms with Gasteiger partial charge in [0.05, 0.1) is 5.97 Å². The number of hydrogen-bond acceptors (Lipinski definition) is 3. The Morgan fingerprint density at radius 2 is 2.31 bits per heavy atom. The van der Waals surface area contributed by atoms with Gasteiger partial charge in [0.2, 0.25) is 0 Å². The van der Waals surface area contributed by atoms with Gasteiger partial charge in [-0.1, -0.05) is 11.6 Å². The summed E-state index contributed by atoms with van der Waals surface area (Å²) in [6.45, 7) is 0. The average molecular weight is 238 g/mol. The Balaban J connectivity index is 2.37. The summed E-state index contributed by atoms with van der Waals surface area (Å²) < 4.78 is 0. The van der Waals surface area contributed by atoms with E-state index < -0.39 is 12.0 Å². The van der Waals surface area contributed by atoms with Crippen LogP contribution in [0.25, 0.3) is 10.9 Å². The van der Waals surface area contributed by atoms with Crippen molar-refractivity contribution >= 4 is 28.5 Å². The number of fused-ring (bicyclic) bond motifs is 1. The van der Waals surface area contributed by atoms with Gasteiger partial charge in [0.25, 0.3) is 0 Å². The maximum Gasteiger partial charge on any atom is 0.0585 e. The quantitative estimate of drug-likeness (QED) is 0.813.